The molecule has 22 heavy (non-hydrogen) atoms. The Morgan fingerprint density at radius 2 is 2.00 bits per heavy atom. The lowest BCUT2D eigenvalue weighted by molar-refractivity contribution is -0.124. The lowest BCUT2D eigenvalue weighted by Crippen LogP contribution is -2.42. The lowest BCUT2D eigenvalue weighted by atomic mass is 9.70. The number of nitrogens with zero attached hydrogens (tertiary/aromatic N) is 1. The third kappa shape index (κ3) is 2.04. The minimum Gasteiger partial charge on any atom is -0.506 e. The first-order valence-corrected chi connectivity index (χ1v) is 6.45. The molecule has 0 aliphatic heterocycles. The molecule has 0 heterocycles. The number of rotatable bonds is 2. The van der Waals surface area contributed by atoms with Gasteiger partial charge in [0.25, 0.3) is 5.91 Å². The van der Waals surface area contributed by atoms with Crippen LogP contribution in [0.25, 0.3) is 5.76 Å². The maximum Gasteiger partial charge on any atom is 0.258 e. The number of fused-ring (bicyclic) bond motifs is 1. The Balaban J connectivity index is 2.83. The molecule has 1 aromatic carbocycles. The average molecular weight is 306 g/mol. The molecule has 1 aromatic rings. The van der Waals surface area contributed by atoms with E-state index in [0.717, 1.165) is 0 Å². The number of carbonyl (C=O) groups excluding carboxylic acids is 2. The van der Waals surface area contributed by atoms with E-state index in [-0.39, 0.29) is 17.7 Å². The first kappa shape index (κ1) is 15.6. The number of nitrogens with one attached hydrogen (secondary N) is 1. The van der Waals surface area contributed by atoms with Crippen molar-refractivity contribution in [1.82, 2.24) is 5.32 Å². The van der Waals surface area contributed by atoms with Crippen molar-refractivity contribution in [2.45, 2.75) is 19.3 Å². The van der Waals surface area contributed by atoms with Crippen LogP contribution in [0, 0.1) is 23.0 Å². The van der Waals surface area contributed by atoms with Gasteiger partial charge in [-0.25, -0.2) is 8.78 Å². The molecule has 0 bridgehead atoms. The Hall–Kier alpha value is -2.75. The van der Waals surface area contributed by atoms with E-state index in [2.05, 4.69) is 5.32 Å². The van der Waals surface area contributed by atoms with Gasteiger partial charge in [-0.3, -0.25) is 9.59 Å². The van der Waals surface area contributed by atoms with Gasteiger partial charge < -0.3 is 10.4 Å². The fourth-order valence-electron chi connectivity index (χ4n) is 2.34. The zero-order chi connectivity index (χ0) is 16.7. The van der Waals surface area contributed by atoms with E-state index in [9.17, 15) is 28.7 Å². The van der Waals surface area contributed by atoms with Gasteiger partial charge in [0.2, 0.25) is 0 Å². The van der Waals surface area contributed by atoms with Gasteiger partial charge in [0.15, 0.2) is 17.4 Å². The molecule has 0 aromatic heterocycles. The number of aliphatic hydroxyl groups excluding tert-OH is 1. The predicted molar refractivity (Wildman–Crippen MR) is 72.6 cm³/mol. The van der Waals surface area contributed by atoms with E-state index in [1.54, 1.807) is 13.0 Å². The minimum atomic E-state index is -1.89. The molecule has 1 amide bonds. The summed E-state index contributed by atoms with van der Waals surface area (Å²) < 4.78 is 26.9. The summed E-state index contributed by atoms with van der Waals surface area (Å²) in [6.07, 6.45) is 0. The van der Waals surface area contributed by atoms with Crippen LogP contribution in [0.2, 0.25) is 0 Å². The van der Waals surface area contributed by atoms with Gasteiger partial charge in [-0.15, -0.1) is 0 Å². The van der Waals surface area contributed by atoms with Crippen molar-refractivity contribution in [3.8, 4) is 6.07 Å². The van der Waals surface area contributed by atoms with Crippen LogP contribution in [0.5, 0.6) is 0 Å². The molecule has 0 saturated carbocycles. The maximum absolute atomic E-state index is 13.4. The summed E-state index contributed by atoms with van der Waals surface area (Å²) in [7, 11) is 0. The Bertz CT molecular complexity index is 765. The summed E-state index contributed by atoms with van der Waals surface area (Å²) in [6, 6.07) is 3.08. The van der Waals surface area contributed by atoms with Crippen LogP contribution >= 0.6 is 0 Å². The fraction of sp³-hybridized carbons (Fsp3) is 0.267. The molecule has 0 radical (unpaired) electrons. The Morgan fingerprint density at radius 3 is 2.55 bits per heavy atom. The largest absolute Gasteiger partial charge is 0.506 e. The summed E-state index contributed by atoms with van der Waals surface area (Å²) in [5, 5.41) is 21.8. The molecule has 2 N–H and O–H groups in total. The zero-order valence-corrected chi connectivity index (χ0v) is 11.8. The molecule has 1 atom stereocenters. The molecule has 0 saturated heterocycles. The van der Waals surface area contributed by atoms with Crippen molar-refractivity contribution in [3.05, 3.63) is 40.5 Å². The highest BCUT2D eigenvalue weighted by molar-refractivity contribution is 6.29. The number of Topliss-reactive ketones (excluding diaryl/α,β-unsaturated/α-hetero) is 1. The van der Waals surface area contributed by atoms with Gasteiger partial charge >= 0.3 is 0 Å². The van der Waals surface area contributed by atoms with Gasteiger partial charge in [-0.2, -0.15) is 5.26 Å². The normalized spacial score (nSPS) is 20.4. The number of nitriles is 1. The van der Waals surface area contributed by atoms with Gasteiger partial charge in [-0.1, -0.05) is 0 Å². The van der Waals surface area contributed by atoms with Crippen molar-refractivity contribution in [2.75, 3.05) is 6.54 Å². The quantitative estimate of drug-likeness (QED) is 0.814. The lowest BCUT2D eigenvalue weighted by Gasteiger charge is -2.29. The summed E-state index contributed by atoms with van der Waals surface area (Å²) in [5.41, 5.74) is -2.95. The highest BCUT2D eigenvalue weighted by Crippen LogP contribution is 2.40. The highest BCUT2D eigenvalue weighted by Gasteiger charge is 2.47. The Labute approximate surface area is 124 Å². The van der Waals surface area contributed by atoms with Crippen molar-refractivity contribution in [3.63, 3.8) is 0 Å². The number of aliphatic hydroxyl groups is 1. The maximum atomic E-state index is 13.4. The molecule has 0 unspecified atom stereocenters. The van der Waals surface area contributed by atoms with Crippen LogP contribution in [-0.2, 0) is 15.0 Å². The summed E-state index contributed by atoms with van der Waals surface area (Å²) in [5.74, 6) is -5.10. The van der Waals surface area contributed by atoms with Gasteiger partial charge in [0.05, 0.1) is 6.07 Å². The number of hydrogen-bond acceptors (Lipinski definition) is 4. The molecule has 0 fully saturated rings. The molecule has 1 aliphatic rings. The first-order valence-electron chi connectivity index (χ1n) is 6.45. The molecular formula is C15H12F2N2O3. The standard InChI is InChI=1S/C15H12F2N2O3/c1-3-19-14(22)11-12(20)7-4-9(16)10(17)5-8(7)15(2,6-18)13(11)21/h4-5,20H,3H2,1-2H3,(H,19,22)/t15-/m1/s1. The first-order chi connectivity index (χ1) is 10.3. The molecule has 2 rings (SSSR count). The van der Waals surface area contributed by atoms with E-state index in [1.165, 1.54) is 6.92 Å². The molecule has 114 valence electrons. The SMILES string of the molecule is CCNC(=O)C1=C(O)c2cc(F)c(F)cc2[C@@](C)(C#N)C1=O. The second-order valence-corrected chi connectivity index (χ2v) is 4.96. The van der Waals surface area contributed by atoms with Crippen LogP contribution in [-0.4, -0.2) is 23.3 Å². The summed E-state index contributed by atoms with van der Waals surface area (Å²) in [6.45, 7) is 2.99. The van der Waals surface area contributed by atoms with Gasteiger partial charge in [-0.05, 0) is 31.5 Å². The van der Waals surface area contributed by atoms with E-state index >= 15 is 0 Å². The monoisotopic (exact) mass is 306 g/mol. The zero-order valence-electron chi connectivity index (χ0n) is 11.8. The van der Waals surface area contributed by atoms with Crippen molar-refractivity contribution < 1.29 is 23.5 Å². The number of halogens is 2. The second-order valence-electron chi connectivity index (χ2n) is 4.96. The third-order valence-electron chi connectivity index (χ3n) is 3.56. The molecule has 7 heteroatoms. The van der Waals surface area contributed by atoms with Gasteiger partial charge in [0, 0.05) is 12.1 Å². The van der Waals surface area contributed by atoms with Crippen molar-refractivity contribution in [2.24, 2.45) is 0 Å². The van der Waals surface area contributed by atoms with Crippen LogP contribution in [0.3, 0.4) is 0 Å². The Kier molecular flexibility index (Phi) is 3.71. The van der Waals surface area contributed by atoms with Gasteiger partial charge in [0.1, 0.15) is 16.7 Å². The molecular weight excluding hydrogens is 294 g/mol. The topological polar surface area (TPSA) is 90.2 Å². The Morgan fingerprint density at radius 1 is 1.41 bits per heavy atom. The van der Waals surface area contributed by atoms with Crippen LogP contribution in [0.1, 0.15) is 25.0 Å². The minimum absolute atomic E-state index is 0.176. The summed E-state index contributed by atoms with van der Waals surface area (Å²) >= 11 is 0. The number of ketones is 1. The number of likely N-dealkylation sites (N-methyl/N-ethyl adjacent to an activating group) is 1. The van der Waals surface area contributed by atoms with E-state index < -0.39 is 40.1 Å². The van der Waals surface area contributed by atoms with Crippen LogP contribution < -0.4 is 5.32 Å². The van der Waals surface area contributed by atoms with E-state index in [1.807, 2.05) is 0 Å². The van der Waals surface area contributed by atoms with E-state index in [0.29, 0.717) is 12.1 Å². The number of carbonyl (C=O) groups is 2. The molecule has 1 aliphatic carbocycles. The smallest absolute Gasteiger partial charge is 0.258 e. The predicted octanol–water partition coefficient (Wildman–Crippen LogP) is 1.73. The number of amides is 1. The molecule has 5 nitrogen and oxygen atoms in total. The number of hydrogen-bond donors (Lipinski definition) is 2. The van der Waals surface area contributed by atoms with Crippen molar-refractivity contribution >= 4 is 17.4 Å². The molecule has 0 spiro atoms. The van der Waals surface area contributed by atoms with Crippen molar-refractivity contribution in [1.29, 1.82) is 5.26 Å². The van der Waals surface area contributed by atoms with E-state index in [4.69, 9.17) is 0 Å². The van der Waals surface area contributed by atoms with Crippen LogP contribution in [0.4, 0.5) is 8.78 Å². The highest BCUT2D eigenvalue weighted by atomic mass is 19.2. The summed E-state index contributed by atoms with van der Waals surface area (Å²) in [4.78, 5) is 24.4. The third-order valence-corrected chi connectivity index (χ3v) is 3.56. The second kappa shape index (κ2) is 5.22. The average Bonchev–Trinajstić information content (AvgIpc) is 2.47. The fourth-order valence-corrected chi connectivity index (χ4v) is 2.34. The van der Waals surface area contributed by atoms with Crippen LogP contribution in [0.15, 0.2) is 17.7 Å². The number of benzene rings is 1.